The fourth-order valence-electron chi connectivity index (χ4n) is 2.20. The van der Waals surface area contributed by atoms with Crippen LogP contribution in [0.15, 0.2) is 18.2 Å². The topological polar surface area (TPSA) is 52.7 Å². The first kappa shape index (κ1) is 12.5. The van der Waals surface area contributed by atoms with Gasteiger partial charge in [0.2, 0.25) is 0 Å². The highest BCUT2D eigenvalue weighted by Crippen LogP contribution is 2.32. The Hall–Kier alpha value is -0.970. The molecule has 0 atom stereocenters. The third kappa shape index (κ3) is 2.83. The zero-order valence-corrected chi connectivity index (χ0v) is 10.5. The molecule has 1 saturated heterocycles. The Bertz CT molecular complexity index is 358. The van der Waals surface area contributed by atoms with Crippen molar-refractivity contribution in [1.82, 2.24) is 4.90 Å². The highest BCUT2D eigenvalue weighted by molar-refractivity contribution is 6.34. The molecule has 1 aliphatic rings. The molecule has 0 saturated carbocycles. The quantitative estimate of drug-likeness (QED) is 0.793. The molecule has 0 bridgehead atoms. The first-order valence-electron chi connectivity index (χ1n) is 5.84. The Balaban J connectivity index is 2.05. The highest BCUT2D eigenvalue weighted by Gasteiger charge is 2.19. The average molecular weight is 256 g/mol. The Morgan fingerprint density at radius 2 is 1.94 bits per heavy atom. The highest BCUT2D eigenvalue weighted by atomic mass is 35.5. The van der Waals surface area contributed by atoms with E-state index in [1.807, 2.05) is 18.2 Å². The number of nitrogen functional groups attached to an aromatic ring is 1. The fourth-order valence-corrected chi connectivity index (χ4v) is 2.50. The first-order chi connectivity index (χ1) is 8.22. The number of aliphatic hydroxyl groups is 1. The molecule has 0 aromatic heterocycles. The summed E-state index contributed by atoms with van der Waals surface area (Å²) in [4.78, 5) is 4.45. The largest absolute Gasteiger partial charge is 0.397 e. The van der Waals surface area contributed by atoms with Gasteiger partial charge in [0.05, 0.1) is 23.0 Å². The molecule has 94 valence electrons. The predicted octanol–water partition coefficient (Wildman–Crippen LogP) is 1.04. The van der Waals surface area contributed by atoms with Gasteiger partial charge in [-0.05, 0) is 12.1 Å². The molecular weight excluding hydrogens is 238 g/mol. The van der Waals surface area contributed by atoms with Gasteiger partial charge in [-0.2, -0.15) is 0 Å². The summed E-state index contributed by atoms with van der Waals surface area (Å²) in [6.07, 6.45) is 0. The number of β-amino-alcohol motifs (C(OH)–C–C–N with tert-alkyl or cyclic N) is 1. The third-order valence-corrected chi connectivity index (χ3v) is 3.43. The van der Waals surface area contributed by atoms with E-state index in [1.54, 1.807) is 0 Å². The maximum atomic E-state index is 8.89. The van der Waals surface area contributed by atoms with Gasteiger partial charge in [-0.1, -0.05) is 17.7 Å². The number of rotatable bonds is 3. The monoisotopic (exact) mass is 255 g/mol. The number of nitrogens with zero attached hydrogens (tertiary/aromatic N) is 2. The minimum absolute atomic E-state index is 0.217. The number of para-hydroxylation sites is 1. The van der Waals surface area contributed by atoms with Crippen molar-refractivity contribution in [2.24, 2.45) is 0 Å². The van der Waals surface area contributed by atoms with Crippen LogP contribution in [0.5, 0.6) is 0 Å². The standard InChI is InChI=1S/C12H18ClN3O/c13-10-2-1-3-11(14)12(10)16-6-4-15(5-7-16)8-9-17/h1-3,17H,4-9,14H2. The lowest BCUT2D eigenvalue weighted by Crippen LogP contribution is -2.47. The summed E-state index contributed by atoms with van der Waals surface area (Å²) < 4.78 is 0. The second-order valence-corrected chi connectivity index (χ2v) is 4.64. The van der Waals surface area contributed by atoms with E-state index in [-0.39, 0.29) is 6.61 Å². The number of hydrogen-bond acceptors (Lipinski definition) is 4. The minimum atomic E-state index is 0.217. The summed E-state index contributed by atoms with van der Waals surface area (Å²) in [7, 11) is 0. The van der Waals surface area contributed by atoms with Gasteiger partial charge in [-0.3, -0.25) is 4.90 Å². The van der Waals surface area contributed by atoms with Crippen molar-refractivity contribution in [2.45, 2.75) is 0 Å². The van der Waals surface area contributed by atoms with E-state index in [1.165, 1.54) is 0 Å². The van der Waals surface area contributed by atoms with Crippen LogP contribution in [0.2, 0.25) is 5.02 Å². The molecule has 1 aromatic carbocycles. The van der Waals surface area contributed by atoms with E-state index in [2.05, 4.69) is 9.80 Å². The molecule has 3 N–H and O–H groups in total. The summed E-state index contributed by atoms with van der Waals surface area (Å²) >= 11 is 6.19. The van der Waals surface area contributed by atoms with Crippen LogP contribution in [0.25, 0.3) is 0 Å². The van der Waals surface area contributed by atoms with Gasteiger partial charge >= 0.3 is 0 Å². The summed E-state index contributed by atoms with van der Waals surface area (Å²) in [6, 6.07) is 5.61. The maximum absolute atomic E-state index is 8.89. The Kier molecular flexibility index (Phi) is 4.10. The fraction of sp³-hybridized carbons (Fsp3) is 0.500. The van der Waals surface area contributed by atoms with Crippen molar-refractivity contribution < 1.29 is 5.11 Å². The molecular formula is C12H18ClN3O. The lowest BCUT2D eigenvalue weighted by atomic mass is 10.2. The number of aliphatic hydroxyl groups excluding tert-OH is 1. The summed E-state index contributed by atoms with van der Waals surface area (Å²) in [5.41, 5.74) is 7.64. The molecule has 1 heterocycles. The van der Waals surface area contributed by atoms with Crippen LogP contribution in [0.1, 0.15) is 0 Å². The van der Waals surface area contributed by atoms with E-state index >= 15 is 0 Å². The number of benzene rings is 1. The lowest BCUT2D eigenvalue weighted by Gasteiger charge is -2.36. The number of anilines is 2. The Morgan fingerprint density at radius 1 is 1.24 bits per heavy atom. The molecule has 0 unspecified atom stereocenters. The lowest BCUT2D eigenvalue weighted by molar-refractivity contribution is 0.189. The van der Waals surface area contributed by atoms with Gasteiger partial charge in [0.15, 0.2) is 0 Å². The molecule has 2 rings (SSSR count). The van der Waals surface area contributed by atoms with Crippen LogP contribution >= 0.6 is 11.6 Å². The molecule has 0 spiro atoms. The summed E-state index contributed by atoms with van der Waals surface area (Å²) in [5, 5.41) is 9.60. The van der Waals surface area contributed by atoms with E-state index in [0.717, 1.165) is 44.1 Å². The van der Waals surface area contributed by atoms with Crippen LogP contribution in [-0.4, -0.2) is 49.3 Å². The SMILES string of the molecule is Nc1cccc(Cl)c1N1CCN(CCO)CC1. The molecule has 1 aliphatic heterocycles. The van der Waals surface area contributed by atoms with E-state index in [0.29, 0.717) is 5.02 Å². The minimum Gasteiger partial charge on any atom is -0.397 e. The van der Waals surface area contributed by atoms with Crippen molar-refractivity contribution in [2.75, 3.05) is 50.0 Å². The smallest absolute Gasteiger partial charge is 0.0790 e. The van der Waals surface area contributed by atoms with Gasteiger partial charge in [-0.15, -0.1) is 0 Å². The van der Waals surface area contributed by atoms with Gasteiger partial charge in [0.25, 0.3) is 0 Å². The molecule has 1 fully saturated rings. The number of halogens is 1. The van der Waals surface area contributed by atoms with Gasteiger partial charge in [0.1, 0.15) is 0 Å². The second-order valence-electron chi connectivity index (χ2n) is 4.23. The van der Waals surface area contributed by atoms with Gasteiger partial charge in [-0.25, -0.2) is 0 Å². The van der Waals surface area contributed by atoms with E-state index in [9.17, 15) is 0 Å². The van der Waals surface area contributed by atoms with Crippen LogP contribution < -0.4 is 10.6 Å². The number of piperazine rings is 1. The molecule has 0 amide bonds. The predicted molar refractivity (Wildman–Crippen MR) is 71.6 cm³/mol. The number of hydrogen-bond donors (Lipinski definition) is 2. The Labute approximate surface area is 107 Å². The molecule has 0 aliphatic carbocycles. The zero-order valence-electron chi connectivity index (χ0n) is 9.77. The molecule has 4 nitrogen and oxygen atoms in total. The van der Waals surface area contributed by atoms with Gasteiger partial charge in [0, 0.05) is 32.7 Å². The normalized spacial score (nSPS) is 17.4. The van der Waals surface area contributed by atoms with E-state index < -0.39 is 0 Å². The molecule has 17 heavy (non-hydrogen) atoms. The average Bonchev–Trinajstić information content (AvgIpc) is 2.31. The van der Waals surface area contributed by atoms with Crippen molar-refractivity contribution in [1.29, 1.82) is 0 Å². The molecule has 5 heteroatoms. The van der Waals surface area contributed by atoms with Crippen LogP contribution in [-0.2, 0) is 0 Å². The first-order valence-corrected chi connectivity index (χ1v) is 6.22. The van der Waals surface area contributed by atoms with E-state index in [4.69, 9.17) is 22.4 Å². The second kappa shape index (κ2) is 5.58. The molecule has 1 aromatic rings. The van der Waals surface area contributed by atoms with Crippen molar-refractivity contribution >= 4 is 23.0 Å². The van der Waals surface area contributed by atoms with Crippen LogP contribution in [0, 0.1) is 0 Å². The maximum Gasteiger partial charge on any atom is 0.0790 e. The van der Waals surface area contributed by atoms with Crippen LogP contribution in [0.3, 0.4) is 0 Å². The van der Waals surface area contributed by atoms with Crippen molar-refractivity contribution in [3.63, 3.8) is 0 Å². The third-order valence-electron chi connectivity index (χ3n) is 3.12. The van der Waals surface area contributed by atoms with Gasteiger partial charge < -0.3 is 15.7 Å². The summed E-state index contributed by atoms with van der Waals surface area (Å²) in [5.74, 6) is 0. The van der Waals surface area contributed by atoms with Crippen LogP contribution in [0.4, 0.5) is 11.4 Å². The molecule has 0 radical (unpaired) electrons. The number of nitrogens with two attached hydrogens (primary N) is 1. The van der Waals surface area contributed by atoms with Crippen molar-refractivity contribution in [3.05, 3.63) is 23.2 Å². The van der Waals surface area contributed by atoms with Crippen molar-refractivity contribution in [3.8, 4) is 0 Å². The summed E-state index contributed by atoms with van der Waals surface area (Å²) in [6.45, 7) is 4.62. The zero-order chi connectivity index (χ0) is 12.3. The Morgan fingerprint density at radius 3 is 2.53 bits per heavy atom.